The van der Waals surface area contributed by atoms with Crippen LogP contribution in [0.3, 0.4) is 0 Å². The Labute approximate surface area is 112 Å². The minimum absolute atomic E-state index is 0.0299. The van der Waals surface area contributed by atoms with Gasteiger partial charge in [-0.3, -0.25) is 4.68 Å². The van der Waals surface area contributed by atoms with Crippen molar-refractivity contribution in [1.82, 2.24) is 14.8 Å². The van der Waals surface area contributed by atoms with E-state index in [9.17, 15) is 0 Å². The summed E-state index contributed by atoms with van der Waals surface area (Å²) < 4.78 is 1.78. The van der Waals surface area contributed by atoms with Crippen LogP contribution >= 0.6 is 11.3 Å². The first-order valence-electron chi connectivity index (χ1n) is 6.05. The van der Waals surface area contributed by atoms with E-state index >= 15 is 0 Å². The molecule has 0 bridgehead atoms. The van der Waals surface area contributed by atoms with Crippen LogP contribution in [0.4, 0.5) is 0 Å². The van der Waals surface area contributed by atoms with Crippen molar-refractivity contribution in [3.05, 3.63) is 34.0 Å². The van der Waals surface area contributed by atoms with Crippen LogP contribution in [0.2, 0.25) is 0 Å². The minimum Gasteiger partial charge on any atom is -0.324 e. The third-order valence-electron chi connectivity index (χ3n) is 2.87. The SMILES string of the molecule is Cn1cc(C(N)Cc2nc(C(C)(C)C)cs2)cn1. The van der Waals surface area contributed by atoms with Gasteiger partial charge in [0.15, 0.2) is 0 Å². The van der Waals surface area contributed by atoms with Gasteiger partial charge in [-0.1, -0.05) is 20.8 Å². The van der Waals surface area contributed by atoms with Gasteiger partial charge in [-0.05, 0) is 0 Å². The van der Waals surface area contributed by atoms with E-state index in [1.165, 1.54) is 0 Å². The summed E-state index contributed by atoms with van der Waals surface area (Å²) in [6.45, 7) is 6.52. The second-order valence-electron chi connectivity index (χ2n) is 5.63. The molecule has 2 aromatic rings. The Morgan fingerprint density at radius 2 is 2.17 bits per heavy atom. The first kappa shape index (κ1) is 13.2. The number of hydrogen-bond acceptors (Lipinski definition) is 4. The molecule has 0 spiro atoms. The van der Waals surface area contributed by atoms with Gasteiger partial charge in [0.25, 0.3) is 0 Å². The summed E-state index contributed by atoms with van der Waals surface area (Å²) >= 11 is 1.69. The molecular weight excluding hydrogens is 244 g/mol. The molecule has 0 aliphatic carbocycles. The van der Waals surface area contributed by atoms with Gasteiger partial charge in [0.05, 0.1) is 16.9 Å². The van der Waals surface area contributed by atoms with Gasteiger partial charge in [-0.15, -0.1) is 11.3 Å². The van der Waals surface area contributed by atoms with Crippen LogP contribution in [0.1, 0.15) is 43.1 Å². The van der Waals surface area contributed by atoms with Crippen molar-refractivity contribution in [2.45, 2.75) is 38.6 Å². The fourth-order valence-corrected chi connectivity index (χ4v) is 2.77. The maximum Gasteiger partial charge on any atom is 0.0947 e. The summed E-state index contributed by atoms with van der Waals surface area (Å²) in [4.78, 5) is 4.67. The maximum absolute atomic E-state index is 6.17. The second kappa shape index (κ2) is 4.82. The first-order valence-corrected chi connectivity index (χ1v) is 6.93. The highest BCUT2D eigenvalue weighted by atomic mass is 32.1. The van der Waals surface area contributed by atoms with Crippen molar-refractivity contribution in [3.8, 4) is 0 Å². The molecule has 0 aromatic carbocycles. The highest BCUT2D eigenvalue weighted by Crippen LogP contribution is 2.25. The van der Waals surface area contributed by atoms with Crippen molar-refractivity contribution in [3.63, 3.8) is 0 Å². The zero-order chi connectivity index (χ0) is 13.3. The molecule has 2 rings (SSSR count). The quantitative estimate of drug-likeness (QED) is 0.926. The van der Waals surface area contributed by atoms with Crippen LogP contribution in [-0.2, 0) is 18.9 Å². The molecule has 4 nitrogen and oxygen atoms in total. The Morgan fingerprint density at radius 1 is 1.44 bits per heavy atom. The highest BCUT2D eigenvalue weighted by Gasteiger charge is 2.18. The van der Waals surface area contributed by atoms with Gasteiger partial charge in [-0.2, -0.15) is 5.10 Å². The number of rotatable bonds is 3. The summed E-state index contributed by atoms with van der Waals surface area (Å²) in [5, 5.41) is 7.37. The van der Waals surface area contributed by atoms with E-state index < -0.39 is 0 Å². The van der Waals surface area contributed by atoms with Crippen LogP contribution in [0.5, 0.6) is 0 Å². The lowest BCUT2D eigenvalue weighted by molar-refractivity contribution is 0.569. The van der Waals surface area contributed by atoms with E-state index in [1.54, 1.807) is 16.0 Å². The zero-order valence-electron chi connectivity index (χ0n) is 11.3. The van der Waals surface area contributed by atoms with Crippen molar-refractivity contribution >= 4 is 11.3 Å². The average molecular weight is 264 g/mol. The Kier molecular flexibility index (Phi) is 3.54. The Balaban J connectivity index is 2.08. The monoisotopic (exact) mass is 264 g/mol. The third-order valence-corrected chi connectivity index (χ3v) is 3.74. The molecule has 0 aliphatic heterocycles. The number of nitrogens with zero attached hydrogens (tertiary/aromatic N) is 3. The topological polar surface area (TPSA) is 56.7 Å². The molecule has 5 heteroatoms. The summed E-state index contributed by atoms with van der Waals surface area (Å²) in [7, 11) is 1.90. The smallest absolute Gasteiger partial charge is 0.0947 e. The van der Waals surface area contributed by atoms with Crippen molar-refractivity contribution in [1.29, 1.82) is 0 Å². The summed E-state index contributed by atoms with van der Waals surface area (Å²) in [6.07, 6.45) is 4.55. The Bertz CT molecular complexity index is 521. The standard InChI is InChI=1S/C13H20N4S/c1-13(2,3)11-8-18-12(16-11)5-10(14)9-6-15-17(4)7-9/h6-8,10H,5,14H2,1-4H3. The van der Waals surface area contributed by atoms with Gasteiger partial charge in [0, 0.05) is 42.1 Å². The molecule has 0 saturated carbocycles. The van der Waals surface area contributed by atoms with Crippen LogP contribution in [0, 0.1) is 0 Å². The maximum atomic E-state index is 6.17. The lowest BCUT2D eigenvalue weighted by Gasteiger charge is -2.14. The van der Waals surface area contributed by atoms with Gasteiger partial charge in [0.1, 0.15) is 0 Å². The summed E-state index contributed by atoms with van der Waals surface area (Å²) in [5.41, 5.74) is 8.48. The molecular formula is C13H20N4S. The second-order valence-corrected chi connectivity index (χ2v) is 6.58. The normalized spacial score (nSPS) is 13.8. The Morgan fingerprint density at radius 3 is 2.67 bits per heavy atom. The largest absolute Gasteiger partial charge is 0.324 e. The fraction of sp³-hybridized carbons (Fsp3) is 0.538. The predicted octanol–water partition coefficient (Wildman–Crippen LogP) is 2.42. The van der Waals surface area contributed by atoms with E-state index in [1.807, 2.05) is 19.4 Å². The van der Waals surface area contributed by atoms with Crippen molar-refractivity contribution in [2.24, 2.45) is 12.8 Å². The summed E-state index contributed by atoms with van der Waals surface area (Å²) in [5.74, 6) is 0. The third kappa shape index (κ3) is 2.97. The molecule has 0 aliphatic rings. The number of aryl methyl sites for hydroxylation is 1. The lowest BCUT2D eigenvalue weighted by atomic mass is 9.93. The number of aromatic nitrogens is 3. The highest BCUT2D eigenvalue weighted by molar-refractivity contribution is 7.09. The molecule has 2 aromatic heterocycles. The van der Waals surface area contributed by atoms with E-state index in [0.717, 1.165) is 22.7 Å². The lowest BCUT2D eigenvalue weighted by Crippen LogP contribution is -2.14. The molecule has 0 saturated heterocycles. The van der Waals surface area contributed by atoms with E-state index in [2.05, 4.69) is 36.2 Å². The van der Waals surface area contributed by atoms with E-state index in [-0.39, 0.29) is 11.5 Å². The van der Waals surface area contributed by atoms with Crippen LogP contribution in [0.15, 0.2) is 17.8 Å². The first-order chi connectivity index (χ1) is 8.36. The van der Waals surface area contributed by atoms with Gasteiger partial charge < -0.3 is 5.73 Å². The molecule has 2 N–H and O–H groups in total. The number of nitrogens with two attached hydrogens (primary N) is 1. The average Bonchev–Trinajstić information content (AvgIpc) is 2.85. The number of thiazole rings is 1. The van der Waals surface area contributed by atoms with Gasteiger partial charge in [0.2, 0.25) is 0 Å². The van der Waals surface area contributed by atoms with Gasteiger partial charge >= 0.3 is 0 Å². The summed E-state index contributed by atoms with van der Waals surface area (Å²) in [6, 6.07) is -0.0299. The van der Waals surface area contributed by atoms with Gasteiger partial charge in [-0.25, -0.2) is 4.98 Å². The van der Waals surface area contributed by atoms with Crippen LogP contribution < -0.4 is 5.73 Å². The molecule has 98 valence electrons. The molecule has 0 amide bonds. The number of hydrogen-bond donors (Lipinski definition) is 1. The van der Waals surface area contributed by atoms with Crippen LogP contribution in [-0.4, -0.2) is 14.8 Å². The Hall–Kier alpha value is -1.20. The van der Waals surface area contributed by atoms with E-state index in [0.29, 0.717) is 0 Å². The molecule has 0 fully saturated rings. The molecule has 2 heterocycles. The predicted molar refractivity (Wildman–Crippen MR) is 74.7 cm³/mol. The molecule has 0 radical (unpaired) electrons. The molecule has 18 heavy (non-hydrogen) atoms. The van der Waals surface area contributed by atoms with Crippen molar-refractivity contribution in [2.75, 3.05) is 0 Å². The molecule has 1 atom stereocenters. The zero-order valence-corrected chi connectivity index (χ0v) is 12.2. The minimum atomic E-state index is -0.0299. The van der Waals surface area contributed by atoms with E-state index in [4.69, 9.17) is 5.73 Å². The fourth-order valence-electron chi connectivity index (χ4n) is 1.69. The van der Waals surface area contributed by atoms with Crippen LogP contribution in [0.25, 0.3) is 0 Å². The van der Waals surface area contributed by atoms with Crippen molar-refractivity contribution < 1.29 is 0 Å². The molecule has 1 unspecified atom stereocenters.